The minimum Gasteiger partial charge on any atom is -0.336 e. The van der Waals surface area contributed by atoms with E-state index in [4.69, 9.17) is 0 Å². The first kappa shape index (κ1) is 17.5. The molecule has 1 fully saturated rings. The summed E-state index contributed by atoms with van der Waals surface area (Å²) in [6.07, 6.45) is 7.37. The van der Waals surface area contributed by atoms with Crippen LogP contribution in [0, 0.1) is 0 Å². The third-order valence-electron chi connectivity index (χ3n) is 4.79. The van der Waals surface area contributed by atoms with Crippen molar-refractivity contribution in [1.29, 1.82) is 0 Å². The maximum Gasteiger partial charge on any atom is 0.315 e. The topological polar surface area (TPSA) is 62.2 Å². The van der Waals surface area contributed by atoms with E-state index in [0.717, 1.165) is 32.5 Å². The van der Waals surface area contributed by atoms with Crippen LogP contribution in [0.2, 0.25) is 0 Å². The minimum absolute atomic E-state index is 0.0752. The van der Waals surface area contributed by atoms with E-state index < -0.39 is 0 Å². The first-order valence-electron chi connectivity index (χ1n) is 8.99. The molecular weight excluding hydrogens is 314 g/mol. The second-order valence-electron chi connectivity index (χ2n) is 6.73. The lowest BCUT2D eigenvalue weighted by atomic mass is 9.97. The average molecular weight is 341 g/mol. The van der Waals surface area contributed by atoms with Crippen LogP contribution in [0.1, 0.15) is 25.3 Å². The van der Waals surface area contributed by atoms with Crippen molar-refractivity contribution in [3.05, 3.63) is 54.6 Å². The van der Waals surface area contributed by atoms with Gasteiger partial charge in [-0.25, -0.2) is 9.78 Å². The van der Waals surface area contributed by atoms with Gasteiger partial charge in [-0.15, -0.1) is 0 Å². The van der Waals surface area contributed by atoms with Crippen molar-refractivity contribution in [3.63, 3.8) is 0 Å². The molecule has 0 spiro atoms. The lowest BCUT2D eigenvalue weighted by molar-refractivity contribution is 0.130. The van der Waals surface area contributed by atoms with Crippen LogP contribution in [-0.2, 0) is 13.1 Å². The maximum atomic E-state index is 12.1. The molecule has 1 aliphatic rings. The Labute approximate surface area is 149 Å². The molecule has 1 aliphatic heterocycles. The van der Waals surface area contributed by atoms with Crippen LogP contribution in [0.25, 0.3) is 0 Å². The van der Waals surface area contributed by atoms with Gasteiger partial charge in [0, 0.05) is 50.7 Å². The van der Waals surface area contributed by atoms with Crippen LogP contribution >= 0.6 is 0 Å². The molecule has 6 nitrogen and oxygen atoms in total. The molecule has 2 aromatic rings. The molecule has 6 heteroatoms. The van der Waals surface area contributed by atoms with E-state index in [2.05, 4.69) is 57.8 Å². The zero-order valence-corrected chi connectivity index (χ0v) is 14.8. The first-order chi connectivity index (χ1) is 12.2. The summed E-state index contributed by atoms with van der Waals surface area (Å²) in [5.74, 6) is 0. The Morgan fingerprint density at radius 1 is 1.32 bits per heavy atom. The maximum absolute atomic E-state index is 12.1. The minimum atomic E-state index is -0.0752. The highest BCUT2D eigenvalue weighted by atomic mass is 16.2. The molecule has 25 heavy (non-hydrogen) atoms. The molecular formula is C19H27N5O. The summed E-state index contributed by atoms with van der Waals surface area (Å²) in [6, 6.07) is 11.2. The van der Waals surface area contributed by atoms with Gasteiger partial charge >= 0.3 is 6.03 Å². The Kier molecular flexibility index (Phi) is 6.06. The fourth-order valence-electron chi connectivity index (χ4n) is 3.36. The van der Waals surface area contributed by atoms with Gasteiger partial charge in [0.15, 0.2) is 0 Å². The second kappa shape index (κ2) is 8.67. The number of nitrogens with zero attached hydrogens (tertiary/aromatic N) is 3. The number of aromatic nitrogens is 2. The smallest absolute Gasteiger partial charge is 0.315 e. The molecule has 1 saturated heterocycles. The molecule has 1 aromatic heterocycles. The highest BCUT2D eigenvalue weighted by Gasteiger charge is 2.26. The molecule has 0 aliphatic carbocycles. The molecule has 134 valence electrons. The summed E-state index contributed by atoms with van der Waals surface area (Å²) in [6.45, 7) is 5.57. The van der Waals surface area contributed by atoms with Crippen LogP contribution < -0.4 is 10.6 Å². The van der Waals surface area contributed by atoms with Gasteiger partial charge in [0.1, 0.15) is 0 Å². The summed E-state index contributed by atoms with van der Waals surface area (Å²) >= 11 is 0. The van der Waals surface area contributed by atoms with Gasteiger partial charge < -0.3 is 15.2 Å². The number of carbonyl (C=O) groups is 1. The molecule has 3 rings (SSSR count). The Hall–Kier alpha value is -2.34. The van der Waals surface area contributed by atoms with Gasteiger partial charge in [-0.3, -0.25) is 4.90 Å². The van der Waals surface area contributed by atoms with Crippen molar-refractivity contribution in [1.82, 2.24) is 25.1 Å². The third-order valence-corrected chi connectivity index (χ3v) is 4.79. The Morgan fingerprint density at radius 2 is 2.16 bits per heavy atom. The summed E-state index contributed by atoms with van der Waals surface area (Å²) in [5.41, 5.74) is 1.35. The molecule has 2 amide bonds. The molecule has 0 saturated carbocycles. The number of rotatable bonds is 6. The number of likely N-dealkylation sites (tertiary alicyclic amines) is 1. The normalized spacial score (nSPS) is 21.0. The fourth-order valence-corrected chi connectivity index (χ4v) is 3.36. The van der Waals surface area contributed by atoms with E-state index in [9.17, 15) is 4.79 Å². The van der Waals surface area contributed by atoms with Crippen molar-refractivity contribution in [2.45, 2.75) is 44.9 Å². The predicted octanol–water partition coefficient (Wildman–Crippen LogP) is 2.24. The molecule has 2 heterocycles. The first-order valence-corrected chi connectivity index (χ1v) is 8.99. The summed E-state index contributed by atoms with van der Waals surface area (Å²) in [5, 5.41) is 6.03. The Balaban J connectivity index is 1.38. The van der Waals surface area contributed by atoms with Gasteiger partial charge in [0.25, 0.3) is 0 Å². The van der Waals surface area contributed by atoms with Crippen molar-refractivity contribution in [2.75, 3.05) is 13.1 Å². The zero-order chi connectivity index (χ0) is 17.5. The average Bonchev–Trinajstić information content (AvgIpc) is 3.12. The number of urea groups is 1. The van der Waals surface area contributed by atoms with Crippen molar-refractivity contribution in [2.24, 2.45) is 0 Å². The predicted molar refractivity (Wildman–Crippen MR) is 98.1 cm³/mol. The van der Waals surface area contributed by atoms with Gasteiger partial charge in [0.2, 0.25) is 0 Å². The van der Waals surface area contributed by atoms with E-state index in [1.807, 2.05) is 10.8 Å². The number of piperidine rings is 1. The van der Waals surface area contributed by atoms with Gasteiger partial charge in [0.05, 0.1) is 6.33 Å². The van der Waals surface area contributed by atoms with Crippen molar-refractivity contribution >= 4 is 6.03 Å². The van der Waals surface area contributed by atoms with E-state index in [1.165, 1.54) is 5.56 Å². The van der Waals surface area contributed by atoms with Crippen LogP contribution in [0.3, 0.4) is 0 Å². The van der Waals surface area contributed by atoms with E-state index in [1.54, 1.807) is 12.5 Å². The van der Waals surface area contributed by atoms with Crippen LogP contribution in [0.4, 0.5) is 4.79 Å². The number of amides is 2. The van der Waals surface area contributed by atoms with E-state index in [0.29, 0.717) is 12.6 Å². The number of hydrogen-bond donors (Lipinski definition) is 2. The Bertz CT molecular complexity index is 643. The number of imidazole rings is 1. The highest BCUT2D eigenvalue weighted by molar-refractivity contribution is 5.74. The van der Waals surface area contributed by atoms with Gasteiger partial charge in [-0.2, -0.15) is 0 Å². The number of carbonyl (C=O) groups excluding carboxylic acids is 1. The van der Waals surface area contributed by atoms with Crippen LogP contribution in [-0.4, -0.2) is 45.7 Å². The molecule has 2 N–H and O–H groups in total. The van der Waals surface area contributed by atoms with Gasteiger partial charge in [-0.05, 0) is 25.3 Å². The lowest BCUT2D eigenvalue weighted by Crippen LogP contribution is -2.51. The molecule has 1 aromatic carbocycles. The highest BCUT2D eigenvalue weighted by Crippen LogP contribution is 2.19. The molecule has 2 atom stereocenters. The van der Waals surface area contributed by atoms with E-state index >= 15 is 0 Å². The van der Waals surface area contributed by atoms with Crippen LogP contribution in [0.15, 0.2) is 49.1 Å². The molecule has 0 radical (unpaired) electrons. The zero-order valence-electron chi connectivity index (χ0n) is 14.8. The monoisotopic (exact) mass is 341 g/mol. The number of benzene rings is 1. The van der Waals surface area contributed by atoms with Crippen molar-refractivity contribution in [3.8, 4) is 0 Å². The number of nitrogens with one attached hydrogen (secondary N) is 2. The second-order valence-corrected chi connectivity index (χ2v) is 6.73. The quantitative estimate of drug-likeness (QED) is 0.847. The van der Waals surface area contributed by atoms with Gasteiger partial charge in [-0.1, -0.05) is 30.3 Å². The third kappa shape index (κ3) is 5.32. The number of hydrogen-bond acceptors (Lipinski definition) is 3. The van der Waals surface area contributed by atoms with Crippen LogP contribution in [0.5, 0.6) is 0 Å². The SMILES string of the molecule is C[C@H]1C[C@H](NC(=O)NCCn2ccnc2)CCN1Cc1ccccc1. The molecule has 0 bridgehead atoms. The Morgan fingerprint density at radius 3 is 2.88 bits per heavy atom. The summed E-state index contributed by atoms with van der Waals surface area (Å²) in [7, 11) is 0. The van der Waals surface area contributed by atoms with E-state index in [-0.39, 0.29) is 12.1 Å². The standard InChI is InChI=1S/C19H27N5O/c1-16-13-18(7-10-24(16)14-17-5-3-2-4-6-17)22-19(25)21-9-12-23-11-8-20-15-23/h2-6,8,11,15-16,18H,7,9-10,12-14H2,1H3,(H2,21,22,25)/t16-,18+/m0/s1. The fraction of sp³-hybridized carbons (Fsp3) is 0.474. The molecule has 0 unspecified atom stereocenters. The lowest BCUT2D eigenvalue weighted by Gasteiger charge is -2.38. The largest absolute Gasteiger partial charge is 0.336 e. The van der Waals surface area contributed by atoms with Crippen molar-refractivity contribution < 1.29 is 4.79 Å². The summed E-state index contributed by atoms with van der Waals surface area (Å²) in [4.78, 5) is 18.5. The summed E-state index contributed by atoms with van der Waals surface area (Å²) < 4.78 is 1.95.